The molecule has 0 bridgehead atoms. The van der Waals surface area contributed by atoms with Crippen LogP contribution in [0.3, 0.4) is 0 Å². The van der Waals surface area contributed by atoms with E-state index < -0.39 is 0 Å². The molecule has 4 aliphatic carbocycles. The molecule has 45 heavy (non-hydrogen) atoms. The SMILES string of the molecule is CCCCCCCCC(CCCCCC)C(=O)O[C@H]1CC[C@@]2(C)C(=CC[C@H]3[C@@H]4CC[C@H]([C@H](C)CCCC(C)C)[C@@]4(C)CC[C@@H]32)C1. The van der Waals surface area contributed by atoms with Gasteiger partial charge in [0, 0.05) is 6.42 Å². The van der Waals surface area contributed by atoms with Gasteiger partial charge in [-0.15, -0.1) is 0 Å². The Morgan fingerprint density at radius 2 is 1.44 bits per heavy atom. The Hall–Kier alpha value is -0.790. The van der Waals surface area contributed by atoms with Gasteiger partial charge in [-0.25, -0.2) is 0 Å². The predicted octanol–water partition coefficient (Wildman–Crippen LogP) is 13.3. The first-order chi connectivity index (χ1) is 21.6. The molecule has 9 atom stereocenters. The maximum absolute atomic E-state index is 13.6. The maximum Gasteiger partial charge on any atom is 0.309 e. The highest BCUT2D eigenvalue weighted by Gasteiger charge is 2.59. The van der Waals surface area contributed by atoms with E-state index >= 15 is 0 Å². The Bertz CT molecular complexity index is 919. The monoisotopic (exact) mass is 625 g/mol. The zero-order valence-corrected chi connectivity index (χ0v) is 31.3. The van der Waals surface area contributed by atoms with E-state index in [9.17, 15) is 4.79 Å². The van der Waals surface area contributed by atoms with Gasteiger partial charge in [-0.2, -0.15) is 0 Å². The smallest absolute Gasteiger partial charge is 0.309 e. The predicted molar refractivity (Wildman–Crippen MR) is 193 cm³/mol. The summed E-state index contributed by atoms with van der Waals surface area (Å²) in [6.45, 7) is 17.2. The fourth-order valence-corrected chi connectivity index (χ4v) is 11.4. The molecule has 0 heterocycles. The standard InChI is InChI=1S/C43H76O2/c1-8-10-12-14-15-17-22-34(21-16-13-11-9-2)41(44)45-36-27-29-42(6)35(31-36)23-24-37-39-26-25-38(33(5)20-18-19-32(3)4)43(39,7)30-28-40(37)42/h23,32-34,36-40H,8-22,24-31H2,1-7H3/t33-,34?,36+,37+,38-,39+,40+,42+,43-/m1/s1. The largest absolute Gasteiger partial charge is 0.462 e. The lowest BCUT2D eigenvalue weighted by atomic mass is 9.47. The molecule has 0 spiro atoms. The number of rotatable bonds is 19. The molecule has 4 rings (SSSR count). The summed E-state index contributed by atoms with van der Waals surface area (Å²) in [5.41, 5.74) is 2.53. The van der Waals surface area contributed by atoms with E-state index in [1.807, 2.05) is 0 Å². The van der Waals surface area contributed by atoms with Crippen LogP contribution >= 0.6 is 0 Å². The first-order valence-corrected chi connectivity index (χ1v) is 20.5. The molecule has 1 unspecified atom stereocenters. The summed E-state index contributed by atoms with van der Waals surface area (Å²) in [4.78, 5) is 13.6. The molecule has 0 aliphatic heterocycles. The van der Waals surface area contributed by atoms with Crippen LogP contribution < -0.4 is 0 Å². The third-order valence-corrected chi connectivity index (χ3v) is 14.2. The van der Waals surface area contributed by atoms with Crippen LogP contribution in [0.15, 0.2) is 11.6 Å². The quantitative estimate of drug-likeness (QED) is 0.0812. The fraction of sp³-hybridized carbons (Fsp3) is 0.930. The van der Waals surface area contributed by atoms with Crippen molar-refractivity contribution in [3.05, 3.63) is 11.6 Å². The molecule has 3 saturated carbocycles. The molecule has 0 saturated heterocycles. The lowest BCUT2D eigenvalue weighted by Gasteiger charge is -2.58. The molecule has 0 amide bonds. The summed E-state index contributed by atoms with van der Waals surface area (Å²) in [7, 11) is 0. The Kier molecular flexibility index (Phi) is 14.5. The van der Waals surface area contributed by atoms with Crippen molar-refractivity contribution in [2.24, 2.45) is 52.3 Å². The van der Waals surface area contributed by atoms with Gasteiger partial charge in [0.25, 0.3) is 0 Å². The maximum atomic E-state index is 13.6. The highest BCUT2D eigenvalue weighted by molar-refractivity contribution is 5.72. The minimum Gasteiger partial charge on any atom is -0.462 e. The van der Waals surface area contributed by atoms with Gasteiger partial charge in [0.2, 0.25) is 0 Å². The van der Waals surface area contributed by atoms with Crippen molar-refractivity contribution in [1.82, 2.24) is 0 Å². The number of allylic oxidation sites excluding steroid dienone is 1. The van der Waals surface area contributed by atoms with Gasteiger partial charge < -0.3 is 4.74 Å². The second-order valence-electron chi connectivity index (χ2n) is 17.7. The molecule has 0 aromatic carbocycles. The lowest BCUT2D eigenvalue weighted by Crippen LogP contribution is -2.51. The first kappa shape index (κ1) is 37.0. The van der Waals surface area contributed by atoms with Gasteiger partial charge >= 0.3 is 5.97 Å². The molecule has 0 N–H and O–H groups in total. The van der Waals surface area contributed by atoms with Crippen LogP contribution in [0.5, 0.6) is 0 Å². The van der Waals surface area contributed by atoms with Gasteiger partial charge in [-0.3, -0.25) is 4.79 Å². The Morgan fingerprint density at radius 1 is 0.778 bits per heavy atom. The Balaban J connectivity index is 1.33. The molecule has 0 aromatic heterocycles. The van der Waals surface area contributed by atoms with Crippen LogP contribution in [0.1, 0.15) is 196 Å². The van der Waals surface area contributed by atoms with Crippen LogP contribution in [0.2, 0.25) is 0 Å². The van der Waals surface area contributed by atoms with Crippen LogP contribution in [-0.4, -0.2) is 12.1 Å². The lowest BCUT2D eigenvalue weighted by molar-refractivity contribution is -0.157. The van der Waals surface area contributed by atoms with Crippen LogP contribution in [0, 0.1) is 52.3 Å². The summed E-state index contributed by atoms with van der Waals surface area (Å²) >= 11 is 0. The van der Waals surface area contributed by atoms with Crippen molar-refractivity contribution in [3.63, 3.8) is 0 Å². The summed E-state index contributed by atoms with van der Waals surface area (Å²) in [5.74, 6) is 5.51. The molecule has 260 valence electrons. The van der Waals surface area contributed by atoms with Gasteiger partial charge in [0.05, 0.1) is 5.92 Å². The van der Waals surface area contributed by atoms with E-state index in [1.165, 1.54) is 122 Å². The zero-order valence-electron chi connectivity index (χ0n) is 31.3. The fourth-order valence-electron chi connectivity index (χ4n) is 11.4. The van der Waals surface area contributed by atoms with E-state index in [0.29, 0.717) is 10.8 Å². The molecule has 0 aromatic rings. The Morgan fingerprint density at radius 3 is 2.13 bits per heavy atom. The molecule has 3 fully saturated rings. The van der Waals surface area contributed by atoms with Gasteiger partial charge in [0.15, 0.2) is 0 Å². The number of esters is 1. The number of hydrogen-bond acceptors (Lipinski definition) is 2. The second kappa shape index (κ2) is 17.6. The number of ether oxygens (including phenoxy) is 1. The number of hydrogen-bond donors (Lipinski definition) is 0. The average Bonchev–Trinajstić information content (AvgIpc) is 3.37. The highest BCUT2D eigenvalue weighted by atomic mass is 16.5. The summed E-state index contributed by atoms with van der Waals surface area (Å²) < 4.78 is 6.43. The van der Waals surface area contributed by atoms with E-state index in [4.69, 9.17) is 4.74 Å². The normalized spacial score (nSPS) is 34.0. The minimum absolute atomic E-state index is 0.104. The van der Waals surface area contributed by atoms with Crippen LogP contribution in [0.25, 0.3) is 0 Å². The highest BCUT2D eigenvalue weighted by Crippen LogP contribution is 2.67. The second-order valence-corrected chi connectivity index (χ2v) is 17.7. The van der Waals surface area contributed by atoms with Crippen LogP contribution in [-0.2, 0) is 9.53 Å². The zero-order chi connectivity index (χ0) is 32.5. The van der Waals surface area contributed by atoms with Crippen LogP contribution in [0.4, 0.5) is 0 Å². The van der Waals surface area contributed by atoms with Gasteiger partial charge in [0.1, 0.15) is 6.10 Å². The van der Waals surface area contributed by atoms with Gasteiger partial charge in [-0.1, -0.05) is 144 Å². The van der Waals surface area contributed by atoms with E-state index in [1.54, 1.807) is 5.57 Å². The van der Waals surface area contributed by atoms with Crippen molar-refractivity contribution >= 4 is 5.97 Å². The molecule has 0 radical (unpaired) electrons. The van der Waals surface area contributed by atoms with E-state index in [0.717, 1.165) is 61.2 Å². The van der Waals surface area contributed by atoms with Crippen molar-refractivity contribution in [1.29, 1.82) is 0 Å². The van der Waals surface area contributed by atoms with E-state index in [2.05, 4.69) is 54.5 Å². The number of fused-ring (bicyclic) bond motifs is 5. The molecule has 2 heteroatoms. The third kappa shape index (κ3) is 9.22. The number of carbonyl (C=O) groups excluding carboxylic acids is 1. The van der Waals surface area contributed by atoms with Crippen molar-refractivity contribution < 1.29 is 9.53 Å². The van der Waals surface area contributed by atoms with Crippen molar-refractivity contribution in [2.45, 2.75) is 202 Å². The Labute approximate surface area is 281 Å². The van der Waals surface area contributed by atoms with Crippen molar-refractivity contribution in [3.8, 4) is 0 Å². The summed E-state index contributed by atoms with van der Waals surface area (Å²) in [5, 5.41) is 0. The third-order valence-electron chi connectivity index (χ3n) is 14.2. The van der Waals surface area contributed by atoms with Crippen molar-refractivity contribution in [2.75, 3.05) is 0 Å². The molecular weight excluding hydrogens is 548 g/mol. The summed E-state index contributed by atoms with van der Waals surface area (Å²) in [6, 6.07) is 0. The summed E-state index contributed by atoms with van der Waals surface area (Å²) in [6.07, 6.45) is 32.2. The first-order valence-electron chi connectivity index (χ1n) is 20.5. The number of carbonyl (C=O) groups is 1. The van der Waals surface area contributed by atoms with Gasteiger partial charge in [-0.05, 0) is 104 Å². The number of unbranched alkanes of at least 4 members (excludes halogenated alkanes) is 8. The topological polar surface area (TPSA) is 26.3 Å². The molecule has 4 aliphatic rings. The van der Waals surface area contributed by atoms with E-state index in [-0.39, 0.29) is 18.0 Å². The minimum atomic E-state index is 0.104. The average molecular weight is 625 g/mol. The molecular formula is C43H76O2. The molecule has 2 nitrogen and oxygen atoms in total.